The monoisotopic (exact) mass is 236 g/mol. The zero-order valence-electron chi connectivity index (χ0n) is 9.93. The fourth-order valence-corrected chi connectivity index (χ4v) is 1.60. The van der Waals surface area contributed by atoms with E-state index in [0.29, 0.717) is 11.2 Å². The molecule has 0 aliphatic heterocycles. The molecule has 0 unspecified atom stereocenters. The van der Waals surface area contributed by atoms with Crippen molar-refractivity contribution in [2.45, 2.75) is 19.8 Å². The zero-order chi connectivity index (χ0) is 12.3. The van der Waals surface area contributed by atoms with Crippen LogP contribution in [0.5, 0.6) is 5.75 Å². The molecule has 1 aromatic carbocycles. The van der Waals surface area contributed by atoms with Gasteiger partial charge < -0.3 is 19.5 Å². The van der Waals surface area contributed by atoms with Crippen LogP contribution in [-0.2, 0) is 4.74 Å². The Morgan fingerprint density at radius 1 is 1.35 bits per heavy atom. The Morgan fingerprint density at radius 2 is 2.12 bits per heavy atom. The molecule has 92 valence electrons. The quantitative estimate of drug-likeness (QED) is 0.427. The van der Waals surface area contributed by atoms with Crippen molar-refractivity contribution in [2.24, 2.45) is 5.92 Å². The number of ether oxygens (including phenoxy) is 2. The second kappa shape index (κ2) is 5.53. The molecule has 1 aliphatic carbocycles. The molecule has 0 radical (unpaired) electrons. The molecule has 1 aliphatic rings. The van der Waals surface area contributed by atoms with Gasteiger partial charge in [0.2, 0.25) is 0 Å². The minimum atomic E-state index is -1.44. The first kappa shape index (κ1) is 12.4. The molecule has 0 spiro atoms. The molecule has 0 amide bonds. The first-order valence-electron chi connectivity index (χ1n) is 5.84. The van der Waals surface area contributed by atoms with Gasteiger partial charge in [0.25, 0.3) is 0 Å². The van der Waals surface area contributed by atoms with Crippen LogP contribution in [0, 0.1) is 12.8 Å². The van der Waals surface area contributed by atoms with Crippen molar-refractivity contribution in [3.8, 4) is 5.75 Å². The second-order valence-corrected chi connectivity index (χ2v) is 4.47. The van der Waals surface area contributed by atoms with E-state index in [4.69, 9.17) is 19.5 Å². The molecule has 17 heavy (non-hydrogen) atoms. The van der Waals surface area contributed by atoms with E-state index < -0.39 is 7.12 Å². The molecule has 2 N–H and O–H groups in total. The Morgan fingerprint density at radius 3 is 2.71 bits per heavy atom. The van der Waals surface area contributed by atoms with Crippen LogP contribution in [0.3, 0.4) is 0 Å². The Hall–Kier alpha value is -1.04. The fourth-order valence-electron chi connectivity index (χ4n) is 1.60. The number of hydrogen-bond acceptors (Lipinski definition) is 4. The SMILES string of the molecule is Cc1cc(B(O)O)ccc1OCOCC1CC1. The van der Waals surface area contributed by atoms with Crippen LogP contribution in [0.4, 0.5) is 0 Å². The van der Waals surface area contributed by atoms with Crippen molar-refractivity contribution in [1.82, 2.24) is 0 Å². The van der Waals surface area contributed by atoms with Crippen molar-refractivity contribution in [2.75, 3.05) is 13.4 Å². The standard InChI is InChI=1S/C12H17BO4/c1-9-6-11(13(14)15)4-5-12(9)17-8-16-7-10-2-3-10/h4-6,10,14-15H,2-3,7-8H2,1H3. The topological polar surface area (TPSA) is 58.9 Å². The minimum Gasteiger partial charge on any atom is -0.467 e. The Labute approximate surface area is 101 Å². The summed E-state index contributed by atoms with van der Waals surface area (Å²) in [5, 5.41) is 18.0. The fraction of sp³-hybridized carbons (Fsp3) is 0.500. The molecule has 0 atom stereocenters. The first-order chi connectivity index (χ1) is 8.16. The highest BCUT2D eigenvalue weighted by molar-refractivity contribution is 6.58. The lowest BCUT2D eigenvalue weighted by molar-refractivity contribution is 0.00962. The molecule has 0 aromatic heterocycles. The van der Waals surface area contributed by atoms with Gasteiger partial charge >= 0.3 is 7.12 Å². The minimum absolute atomic E-state index is 0.248. The summed E-state index contributed by atoms with van der Waals surface area (Å²) in [5.74, 6) is 1.44. The molecule has 1 fully saturated rings. The number of hydrogen-bond donors (Lipinski definition) is 2. The smallest absolute Gasteiger partial charge is 0.467 e. The zero-order valence-corrected chi connectivity index (χ0v) is 9.93. The lowest BCUT2D eigenvalue weighted by atomic mass is 9.79. The molecular weight excluding hydrogens is 219 g/mol. The summed E-state index contributed by atoms with van der Waals surface area (Å²) in [6.07, 6.45) is 2.53. The van der Waals surface area contributed by atoms with Gasteiger partial charge in [0.05, 0.1) is 6.61 Å². The van der Waals surface area contributed by atoms with Gasteiger partial charge in [-0.1, -0.05) is 12.1 Å². The van der Waals surface area contributed by atoms with Crippen molar-refractivity contribution in [3.05, 3.63) is 23.8 Å². The largest absolute Gasteiger partial charge is 0.488 e. The predicted molar refractivity (Wildman–Crippen MR) is 65.2 cm³/mol. The van der Waals surface area contributed by atoms with Gasteiger partial charge in [-0.25, -0.2) is 0 Å². The van der Waals surface area contributed by atoms with E-state index in [9.17, 15) is 0 Å². The summed E-state index contributed by atoms with van der Waals surface area (Å²) in [5.41, 5.74) is 1.33. The third-order valence-corrected chi connectivity index (χ3v) is 2.85. The molecule has 0 heterocycles. The van der Waals surface area contributed by atoms with Crippen LogP contribution in [-0.4, -0.2) is 30.6 Å². The van der Waals surface area contributed by atoms with E-state index in [1.165, 1.54) is 12.8 Å². The van der Waals surface area contributed by atoms with Gasteiger partial charge in [-0.15, -0.1) is 0 Å². The Kier molecular flexibility index (Phi) is 4.04. The van der Waals surface area contributed by atoms with E-state index in [1.54, 1.807) is 18.2 Å². The van der Waals surface area contributed by atoms with Gasteiger partial charge in [0.1, 0.15) is 5.75 Å². The molecule has 0 saturated heterocycles. The van der Waals surface area contributed by atoms with Crippen molar-refractivity contribution < 1.29 is 19.5 Å². The second-order valence-electron chi connectivity index (χ2n) is 4.47. The van der Waals surface area contributed by atoms with Gasteiger partial charge in [-0.3, -0.25) is 0 Å². The summed E-state index contributed by atoms with van der Waals surface area (Å²) in [7, 11) is -1.44. The summed E-state index contributed by atoms with van der Waals surface area (Å²) in [6, 6.07) is 5.05. The van der Waals surface area contributed by atoms with Gasteiger partial charge in [0.15, 0.2) is 6.79 Å². The number of aryl methyl sites for hydroxylation is 1. The molecule has 1 saturated carbocycles. The Bertz CT molecular complexity index is 377. The number of benzene rings is 1. The van der Waals surface area contributed by atoms with E-state index in [2.05, 4.69) is 0 Å². The molecule has 2 rings (SSSR count). The molecule has 4 nitrogen and oxygen atoms in total. The average molecular weight is 236 g/mol. The van der Waals surface area contributed by atoms with Crippen molar-refractivity contribution in [1.29, 1.82) is 0 Å². The predicted octanol–water partition coefficient (Wildman–Crippen LogP) is 0.438. The highest BCUT2D eigenvalue weighted by Gasteiger charge is 2.21. The van der Waals surface area contributed by atoms with Crippen LogP contribution >= 0.6 is 0 Å². The van der Waals surface area contributed by atoms with Crippen LogP contribution < -0.4 is 10.2 Å². The maximum Gasteiger partial charge on any atom is 0.488 e. The summed E-state index contributed by atoms with van der Waals surface area (Å²) in [6.45, 7) is 2.88. The molecule has 5 heteroatoms. The van der Waals surface area contributed by atoms with Crippen LogP contribution in [0.1, 0.15) is 18.4 Å². The van der Waals surface area contributed by atoms with E-state index in [-0.39, 0.29) is 6.79 Å². The summed E-state index contributed by atoms with van der Waals surface area (Å²) >= 11 is 0. The van der Waals surface area contributed by atoms with Crippen LogP contribution in [0.2, 0.25) is 0 Å². The van der Waals surface area contributed by atoms with Crippen molar-refractivity contribution >= 4 is 12.6 Å². The summed E-state index contributed by atoms with van der Waals surface area (Å²) < 4.78 is 10.8. The lowest BCUT2D eigenvalue weighted by Gasteiger charge is -2.10. The van der Waals surface area contributed by atoms with Crippen LogP contribution in [0.25, 0.3) is 0 Å². The molecule has 1 aromatic rings. The normalized spacial score (nSPS) is 14.8. The highest BCUT2D eigenvalue weighted by Crippen LogP contribution is 2.28. The number of rotatable bonds is 6. The highest BCUT2D eigenvalue weighted by atomic mass is 16.7. The van der Waals surface area contributed by atoms with E-state index in [0.717, 1.165) is 18.1 Å². The third-order valence-electron chi connectivity index (χ3n) is 2.85. The lowest BCUT2D eigenvalue weighted by Crippen LogP contribution is -2.29. The maximum atomic E-state index is 9.01. The van der Waals surface area contributed by atoms with E-state index in [1.807, 2.05) is 6.92 Å². The first-order valence-corrected chi connectivity index (χ1v) is 5.84. The molecular formula is C12H17BO4. The van der Waals surface area contributed by atoms with Gasteiger partial charge in [-0.05, 0) is 42.8 Å². The van der Waals surface area contributed by atoms with E-state index >= 15 is 0 Å². The van der Waals surface area contributed by atoms with Crippen molar-refractivity contribution in [3.63, 3.8) is 0 Å². The average Bonchev–Trinajstić information content (AvgIpc) is 3.09. The van der Waals surface area contributed by atoms with Gasteiger partial charge in [0, 0.05) is 0 Å². The Balaban J connectivity index is 1.82. The van der Waals surface area contributed by atoms with Crippen LogP contribution in [0.15, 0.2) is 18.2 Å². The summed E-state index contributed by atoms with van der Waals surface area (Å²) in [4.78, 5) is 0. The van der Waals surface area contributed by atoms with Gasteiger partial charge in [-0.2, -0.15) is 0 Å². The third kappa shape index (κ3) is 3.73. The molecule has 0 bridgehead atoms. The maximum absolute atomic E-state index is 9.01.